The number of carbonyl (C=O) groups is 2. The van der Waals surface area contributed by atoms with Gasteiger partial charge < -0.3 is 20.3 Å². The quantitative estimate of drug-likeness (QED) is 0.833. The lowest BCUT2D eigenvalue weighted by Gasteiger charge is -2.24. The summed E-state index contributed by atoms with van der Waals surface area (Å²) in [6.45, 7) is 5.11. The number of hydrogen-bond donors (Lipinski definition) is 2. The maximum atomic E-state index is 12.6. The highest BCUT2D eigenvalue weighted by atomic mass is 16.5. The van der Waals surface area contributed by atoms with Crippen LogP contribution in [-0.2, 0) is 16.1 Å². The highest BCUT2D eigenvalue weighted by molar-refractivity contribution is 5.94. The van der Waals surface area contributed by atoms with Crippen LogP contribution in [0.25, 0.3) is 0 Å². The fourth-order valence-electron chi connectivity index (χ4n) is 3.00. The average Bonchev–Trinajstić information content (AvgIpc) is 3.24. The molecule has 0 spiro atoms. The molecule has 1 aromatic rings. The first kappa shape index (κ1) is 17.7. The van der Waals surface area contributed by atoms with Crippen LogP contribution in [0.5, 0.6) is 0 Å². The van der Waals surface area contributed by atoms with Crippen molar-refractivity contribution in [1.29, 1.82) is 0 Å². The van der Waals surface area contributed by atoms with Crippen LogP contribution in [0.3, 0.4) is 0 Å². The molecular formula is C19H27N3O3. The zero-order valence-corrected chi connectivity index (χ0v) is 15.0. The van der Waals surface area contributed by atoms with Crippen LogP contribution in [0, 0.1) is 0 Å². The van der Waals surface area contributed by atoms with Gasteiger partial charge in [-0.15, -0.1) is 0 Å². The minimum absolute atomic E-state index is 0.0192. The molecule has 1 saturated heterocycles. The predicted octanol–water partition coefficient (Wildman–Crippen LogP) is 2.89. The van der Waals surface area contributed by atoms with Gasteiger partial charge in [0.1, 0.15) is 6.04 Å². The third kappa shape index (κ3) is 4.95. The number of likely N-dealkylation sites (tertiary alicyclic amines) is 1. The molecule has 3 amide bonds. The second kappa shape index (κ2) is 7.87. The Morgan fingerprint density at radius 1 is 1.28 bits per heavy atom. The lowest BCUT2D eigenvalue weighted by Crippen LogP contribution is -2.48. The van der Waals surface area contributed by atoms with Gasteiger partial charge in [0.2, 0.25) is 5.91 Å². The van der Waals surface area contributed by atoms with E-state index in [-0.39, 0.29) is 24.1 Å². The average molecular weight is 345 g/mol. The molecule has 0 aromatic heterocycles. The molecule has 0 bridgehead atoms. The van der Waals surface area contributed by atoms with Gasteiger partial charge in [-0.1, -0.05) is 12.1 Å². The van der Waals surface area contributed by atoms with E-state index in [0.29, 0.717) is 19.2 Å². The molecule has 6 heteroatoms. The first-order valence-corrected chi connectivity index (χ1v) is 9.11. The zero-order valence-electron chi connectivity index (χ0n) is 15.0. The maximum absolute atomic E-state index is 12.6. The van der Waals surface area contributed by atoms with E-state index in [4.69, 9.17) is 4.74 Å². The van der Waals surface area contributed by atoms with E-state index < -0.39 is 0 Å². The van der Waals surface area contributed by atoms with Crippen molar-refractivity contribution in [3.8, 4) is 0 Å². The number of benzene rings is 1. The van der Waals surface area contributed by atoms with Crippen molar-refractivity contribution in [2.45, 2.75) is 64.3 Å². The molecule has 25 heavy (non-hydrogen) atoms. The Morgan fingerprint density at radius 3 is 2.80 bits per heavy atom. The van der Waals surface area contributed by atoms with Crippen molar-refractivity contribution >= 4 is 17.6 Å². The Morgan fingerprint density at radius 2 is 2.08 bits per heavy atom. The van der Waals surface area contributed by atoms with Crippen molar-refractivity contribution in [1.82, 2.24) is 10.2 Å². The number of carbonyl (C=O) groups excluding carboxylic acids is 2. The van der Waals surface area contributed by atoms with Crippen LogP contribution in [0.1, 0.15) is 45.1 Å². The summed E-state index contributed by atoms with van der Waals surface area (Å²) < 4.78 is 5.60. The van der Waals surface area contributed by atoms with Crippen LogP contribution in [0.4, 0.5) is 10.5 Å². The first-order valence-electron chi connectivity index (χ1n) is 9.11. The molecule has 1 aliphatic heterocycles. The molecule has 1 aliphatic carbocycles. The standard InChI is InChI=1S/C19H27N3O3/c1-13(2)25-12-14-5-3-6-16(11-14)21-19(24)22-10-4-7-17(22)18(23)20-15-8-9-15/h3,5-6,11,13,15,17H,4,7-10,12H2,1-2H3,(H,20,23)(H,21,24). The van der Waals surface area contributed by atoms with Gasteiger partial charge >= 0.3 is 6.03 Å². The number of hydrogen-bond acceptors (Lipinski definition) is 3. The lowest BCUT2D eigenvalue weighted by atomic mass is 10.2. The van der Waals surface area contributed by atoms with Gasteiger partial charge in [-0.05, 0) is 57.2 Å². The molecule has 1 aromatic carbocycles. The van der Waals surface area contributed by atoms with Crippen LogP contribution in [0.15, 0.2) is 24.3 Å². The Balaban J connectivity index is 1.58. The topological polar surface area (TPSA) is 70.7 Å². The number of rotatable bonds is 6. The van der Waals surface area contributed by atoms with Crippen molar-refractivity contribution in [3.05, 3.63) is 29.8 Å². The summed E-state index contributed by atoms with van der Waals surface area (Å²) in [7, 11) is 0. The molecule has 1 unspecified atom stereocenters. The third-order valence-corrected chi connectivity index (χ3v) is 4.50. The largest absolute Gasteiger partial charge is 0.374 e. The molecule has 6 nitrogen and oxygen atoms in total. The van der Waals surface area contributed by atoms with Gasteiger partial charge in [0.15, 0.2) is 0 Å². The number of nitrogens with zero attached hydrogens (tertiary/aromatic N) is 1. The van der Waals surface area contributed by atoms with Crippen molar-refractivity contribution in [2.75, 3.05) is 11.9 Å². The van der Waals surface area contributed by atoms with E-state index in [2.05, 4.69) is 10.6 Å². The fourth-order valence-corrected chi connectivity index (χ4v) is 3.00. The van der Waals surface area contributed by atoms with E-state index in [0.717, 1.165) is 36.9 Å². The van der Waals surface area contributed by atoms with Gasteiger partial charge in [-0.2, -0.15) is 0 Å². The maximum Gasteiger partial charge on any atom is 0.322 e. The number of ether oxygens (including phenoxy) is 1. The normalized spacial score (nSPS) is 20.0. The molecule has 0 radical (unpaired) electrons. The molecule has 1 heterocycles. The zero-order chi connectivity index (χ0) is 17.8. The number of nitrogens with one attached hydrogen (secondary N) is 2. The number of amides is 3. The molecule has 2 N–H and O–H groups in total. The molecule has 136 valence electrons. The molecule has 2 fully saturated rings. The summed E-state index contributed by atoms with van der Waals surface area (Å²) in [6.07, 6.45) is 3.85. The van der Waals surface area contributed by atoms with Crippen LogP contribution in [-0.4, -0.2) is 41.6 Å². The van der Waals surface area contributed by atoms with Gasteiger partial charge in [0.05, 0.1) is 12.7 Å². The molecule has 1 saturated carbocycles. The number of anilines is 1. The summed E-state index contributed by atoms with van der Waals surface area (Å²) in [5.41, 5.74) is 1.74. The number of urea groups is 1. The van der Waals surface area contributed by atoms with Gasteiger partial charge in [-0.25, -0.2) is 4.79 Å². The van der Waals surface area contributed by atoms with Gasteiger partial charge in [0.25, 0.3) is 0 Å². The van der Waals surface area contributed by atoms with E-state index in [1.165, 1.54) is 0 Å². The van der Waals surface area contributed by atoms with Gasteiger partial charge in [-0.3, -0.25) is 4.79 Å². The van der Waals surface area contributed by atoms with E-state index in [1.54, 1.807) is 4.90 Å². The van der Waals surface area contributed by atoms with Crippen LogP contribution in [0.2, 0.25) is 0 Å². The molecular weight excluding hydrogens is 318 g/mol. The van der Waals surface area contributed by atoms with Crippen LogP contribution < -0.4 is 10.6 Å². The molecule has 1 atom stereocenters. The summed E-state index contributed by atoms with van der Waals surface area (Å²) in [5.74, 6) is -0.0192. The smallest absolute Gasteiger partial charge is 0.322 e. The fraction of sp³-hybridized carbons (Fsp3) is 0.579. The van der Waals surface area contributed by atoms with Crippen molar-refractivity contribution in [3.63, 3.8) is 0 Å². The lowest BCUT2D eigenvalue weighted by molar-refractivity contribution is -0.124. The van der Waals surface area contributed by atoms with E-state index in [9.17, 15) is 9.59 Å². The molecule has 2 aliphatic rings. The Labute approximate surface area is 148 Å². The Kier molecular flexibility index (Phi) is 5.58. The molecule has 3 rings (SSSR count). The second-order valence-electron chi connectivity index (χ2n) is 7.12. The summed E-state index contributed by atoms with van der Waals surface area (Å²) in [4.78, 5) is 26.6. The minimum atomic E-state index is -0.354. The summed E-state index contributed by atoms with van der Waals surface area (Å²) in [6, 6.07) is 7.39. The highest BCUT2D eigenvalue weighted by Gasteiger charge is 2.36. The Bertz CT molecular complexity index is 628. The minimum Gasteiger partial charge on any atom is -0.374 e. The van der Waals surface area contributed by atoms with Crippen molar-refractivity contribution < 1.29 is 14.3 Å². The monoisotopic (exact) mass is 345 g/mol. The Hall–Kier alpha value is -2.08. The first-order chi connectivity index (χ1) is 12.0. The summed E-state index contributed by atoms with van der Waals surface area (Å²) in [5, 5.41) is 5.92. The highest BCUT2D eigenvalue weighted by Crippen LogP contribution is 2.23. The second-order valence-corrected chi connectivity index (χ2v) is 7.12. The van der Waals surface area contributed by atoms with Gasteiger partial charge in [0, 0.05) is 18.3 Å². The van der Waals surface area contributed by atoms with E-state index in [1.807, 2.05) is 38.1 Å². The van der Waals surface area contributed by atoms with E-state index >= 15 is 0 Å². The summed E-state index contributed by atoms with van der Waals surface area (Å²) >= 11 is 0. The van der Waals surface area contributed by atoms with Crippen molar-refractivity contribution in [2.24, 2.45) is 0 Å². The SMILES string of the molecule is CC(C)OCc1cccc(NC(=O)N2CCCC2C(=O)NC2CC2)c1. The van der Waals surface area contributed by atoms with Crippen LogP contribution >= 0.6 is 0 Å². The predicted molar refractivity (Wildman–Crippen MR) is 96.3 cm³/mol. The third-order valence-electron chi connectivity index (χ3n) is 4.50.